The predicted molar refractivity (Wildman–Crippen MR) is 101 cm³/mol. The fraction of sp³-hybridized carbons (Fsp3) is 0.300. The van der Waals surface area contributed by atoms with Gasteiger partial charge in [0.05, 0.1) is 0 Å². The average Bonchev–Trinajstić information content (AvgIpc) is 2.63. The van der Waals surface area contributed by atoms with Gasteiger partial charge in [-0.05, 0) is 42.9 Å². The van der Waals surface area contributed by atoms with Crippen LogP contribution in [0.2, 0.25) is 0 Å². The maximum atomic E-state index is 12.6. The number of carbonyl (C=O) groups excluding carboxylic acids is 1. The normalized spacial score (nSPS) is 15.2. The molecule has 3 rings (SSSR count). The van der Waals surface area contributed by atoms with Crippen LogP contribution >= 0.6 is 12.2 Å². The van der Waals surface area contributed by atoms with Gasteiger partial charge >= 0.3 is 0 Å². The molecule has 0 bridgehead atoms. The Kier molecular flexibility index (Phi) is 5.26. The van der Waals surface area contributed by atoms with Crippen LogP contribution in [0.5, 0.6) is 0 Å². The first kappa shape index (κ1) is 16.7. The zero-order valence-corrected chi connectivity index (χ0v) is 14.5. The third-order valence-corrected chi connectivity index (χ3v) is 4.92. The highest BCUT2D eigenvalue weighted by atomic mass is 32.1. The summed E-state index contributed by atoms with van der Waals surface area (Å²) in [5.74, 6) is 0.760. The summed E-state index contributed by atoms with van der Waals surface area (Å²) in [5, 5.41) is 0. The lowest BCUT2D eigenvalue weighted by Crippen LogP contribution is -2.38. The quantitative estimate of drug-likeness (QED) is 0.869. The van der Waals surface area contributed by atoms with Crippen molar-refractivity contribution in [2.24, 2.45) is 11.7 Å². The summed E-state index contributed by atoms with van der Waals surface area (Å²) >= 11 is 4.95. The van der Waals surface area contributed by atoms with Crippen molar-refractivity contribution in [2.75, 3.05) is 13.1 Å². The summed E-state index contributed by atoms with van der Waals surface area (Å²) in [6, 6.07) is 17.8. The highest BCUT2D eigenvalue weighted by Crippen LogP contribution is 2.23. The number of rotatable bonds is 4. The SMILES string of the molecule is NC(=S)c1ccc(C(=O)N2CCC(Cc3ccccc3)CC2)cc1. The molecule has 0 spiro atoms. The molecule has 0 atom stereocenters. The molecule has 3 nitrogen and oxygen atoms in total. The molecule has 2 aromatic rings. The van der Waals surface area contributed by atoms with Crippen LogP contribution in [-0.4, -0.2) is 28.9 Å². The number of hydrogen-bond donors (Lipinski definition) is 1. The Morgan fingerprint density at radius 1 is 1.00 bits per heavy atom. The minimum absolute atomic E-state index is 0.0997. The molecule has 1 amide bonds. The molecule has 0 saturated carbocycles. The van der Waals surface area contributed by atoms with E-state index < -0.39 is 0 Å². The van der Waals surface area contributed by atoms with Crippen LogP contribution in [0.4, 0.5) is 0 Å². The minimum atomic E-state index is 0.0997. The van der Waals surface area contributed by atoms with Crippen LogP contribution in [0.25, 0.3) is 0 Å². The third-order valence-electron chi connectivity index (χ3n) is 4.69. The number of likely N-dealkylation sites (tertiary alicyclic amines) is 1. The van der Waals surface area contributed by atoms with Gasteiger partial charge in [-0.2, -0.15) is 0 Å². The summed E-state index contributed by atoms with van der Waals surface area (Å²) in [6.45, 7) is 1.65. The van der Waals surface area contributed by atoms with E-state index in [-0.39, 0.29) is 5.91 Å². The highest BCUT2D eigenvalue weighted by molar-refractivity contribution is 7.80. The number of piperidine rings is 1. The van der Waals surface area contributed by atoms with Crippen molar-refractivity contribution in [1.82, 2.24) is 4.90 Å². The second-order valence-corrected chi connectivity index (χ2v) is 6.81. The van der Waals surface area contributed by atoms with Crippen molar-refractivity contribution < 1.29 is 4.79 Å². The van der Waals surface area contributed by atoms with E-state index in [4.69, 9.17) is 18.0 Å². The van der Waals surface area contributed by atoms with E-state index >= 15 is 0 Å². The van der Waals surface area contributed by atoms with Gasteiger partial charge in [-0.25, -0.2) is 0 Å². The lowest BCUT2D eigenvalue weighted by Gasteiger charge is -2.32. The molecule has 2 aromatic carbocycles. The van der Waals surface area contributed by atoms with E-state index in [2.05, 4.69) is 24.3 Å². The van der Waals surface area contributed by atoms with Crippen LogP contribution in [0, 0.1) is 5.92 Å². The van der Waals surface area contributed by atoms with Gasteiger partial charge in [-0.15, -0.1) is 0 Å². The van der Waals surface area contributed by atoms with E-state index in [1.165, 1.54) is 5.56 Å². The summed E-state index contributed by atoms with van der Waals surface area (Å²) in [6.07, 6.45) is 3.22. The molecule has 1 aliphatic heterocycles. The van der Waals surface area contributed by atoms with Gasteiger partial charge in [0.25, 0.3) is 5.91 Å². The van der Waals surface area contributed by atoms with Crippen LogP contribution in [0.15, 0.2) is 54.6 Å². The lowest BCUT2D eigenvalue weighted by molar-refractivity contribution is 0.0690. The fourth-order valence-corrected chi connectivity index (χ4v) is 3.38. The molecule has 1 aliphatic rings. The van der Waals surface area contributed by atoms with Gasteiger partial charge in [0.2, 0.25) is 0 Å². The molecule has 1 fully saturated rings. The lowest BCUT2D eigenvalue weighted by atomic mass is 9.90. The number of nitrogens with two attached hydrogens (primary N) is 1. The monoisotopic (exact) mass is 338 g/mol. The van der Waals surface area contributed by atoms with E-state index in [9.17, 15) is 4.79 Å². The number of carbonyl (C=O) groups is 1. The standard InChI is InChI=1S/C20H22N2OS/c21-19(24)17-6-8-18(9-7-17)20(23)22-12-10-16(11-13-22)14-15-4-2-1-3-5-15/h1-9,16H,10-14H2,(H2,21,24). The molecule has 0 unspecified atom stereocenters. The average molecular weight is 338 g/mol. The fourth-order valence-electron chi connectivity index (χ4n) is 3.25. The number of nitrogens with zero attached hydrogens (tertiary/aromatic N) is 1. The zero-order valence-electron chi connectivity index (χ0n) is 13.7. The summed E-state index contributed by atoms with van der Waals surface area (Å²) in [5.41, 5.74) is 8.48. The van der Waals surface area contributed by atoms with E-state index in [0.29, 0.717) is 16.5 Å². The van der Waals surface area contributed by atoms with Crippen molar-refractivity contribution in [3.05, 3.63) is 71.3 Å². The summed E-state index contributed by atoms with van der Waals surface area (Å²) < 4.78 is 0. The second-order valence-electron chi connectivity index (χ2n) is 6.37. The first-order chi connectivity index (χ1) is 11.6. The molecule has 1 saturated heterocycles. The molecule has 0 aliphatic carbocycles. The molecule has 124 valence electrons. The van der Waals surface area contributed by atoms with Gasteiger partial charge in [-0.1, -0.05) is 54.7 Å². The molecule has 0 aromatic heterocycles. The molecule has 1 heterocycles. The molecular formula is C20H22N2OS. The Morgan fingerprint density at radius 3 is 2.17 bits per heavy atom. The Hall–Kier alpha value is -2.20. The van der Waals surface area contributed by atoms with Crippen molar-refractivity contribution >= 4 is 23.1 Å². The topological polar surface area (TPSA) is 46.3 Å². The van der Waals surface area contributed by atoms with Gasteiger partial charge in [0, 0.05) is 24.2 Å². The minimum Gasteiger partial charge on any atom is -0.389 e. The van der Waals surface area contributed by atoms with Crippen molar-refractivity contribution in [2.45, 2.75) is 19.3 Å². The largest absolute Gasteiger partial charge is 0.389 e. The Labute approximate surface area is 148 Å². The predicted octanol–water partition coefficient (Wildman–Crippen LogP) is 3.42. The number of thiocarbonyl (C=S) groups is 1. The number of benzene rings is 2. The Balaban J connectivity index is 1.56. The van der Waals surface area contributed by atoms with Crippen molar-refractivity contribution in [3.63, 3.8) is 0 Å². The molecule has 0 radical (unpaired) electrons. The maximum Gasteiger partial charge on any atom is 0.253 e. The third kappa shape index (κ3) is 4.01. The second kappa shape index (κ2) is 7.58. The van der Waals surface area contributed by atoms with Crippen LogP contribution in [-0.2, 0) is 6.42 Å². The van der Waals surface area contributed by atoms with Crippen LogP contribution < -0.4 is 5.73 Å². The van der Waals surface area contributed by atoms with Gasteiger partial charge < -0.3 is 10.6 Å². The van der Waals surface area contributed by atoms with E-state index in [0.717, 1.165) is 37.9 Å². The van der Waals surface area contributed by atoms with E-state index in [1.54, 1.807) is 0 Å². The van der Waals surface area contributed by atoms with Crippen molar-refractivity contribution in [1.29, 1.82) is 0 Å². The number of amides is 1. The Morgan fingerprint density at radius 2 is 1.58 bits per heavy atom. The first-order valence-corrected chi connectivity index (χ1v) is 8.77. The van der Waals surface area contributed by atoms with Gasteiger partial charge in [0.15, 0.2) is 0 Å². The maximum absolute atomic E-state index is 12.6. The molecule has 4 heteroatoms. The summed E-state index contributed by atoms with van der Waals surface area (Å²) in [7, 11) is 0. The molecular weight excluding hydrogens is 316 g/mol. The first-order valence-electron chi connectivity index (χ1n) is 8.36. The zero-order chi connectivity index (χ0) is 16.9. The molecule has 24 heavy (non-hydrogen) atoms. The van der Waals surface area contributed by atoms with Crippen LogP contribution in [0.3, 0.4) is 0 Å². The number of hydrogen-bond acceptors (Lipinski definition) is 2. The Bertz CT molecular complexity index is 704. The van der Waals surface area contributed by atoms with Gasteiger partial charge in [0.1, 0.15) is 4.99 Å². The van der Waals surface area contributed by atoms with Crippen molar-refractivity contribution in [3.8, 4) is 0 Å². The summed E-state index contributed by atoms with van der Waals surface area (Å²) in [4.78, 5) is 14.9. The molecule has 2 N–H and O–H groups in total. The van der Waals surface area contributed by atoms with Crippen LogP contribution in [0.1, 0.15) is 34.3 Å². The van der Waals surface area contributed by atoms with E-state index in [1.807, 2.05) is 35.2 Å². The van der Waals surface area contributed by atoms with Gasteiger partial charge in [-0.3, -0.25) is 4.79 Å². The highest BCUT2D eigenvalue weighted by Gasteiger charge is 2.23. The smallest absolute Gasteiger partial charge is 0.253 e.